The molecule has 0 saturated carbocycles. The van der Waals surface area contributed by atoms with Crippen LogP contribution in [-0.4, -0.2) is 64.1 Å². The topological polar surface area (TPSA) is 33.7 Å². The van der Waals surface area contributed by atoms with Crippen molar-refractivity contribution in [3.63, 3.8) is 0 Å². The highest BCUT2D eigenvalue weighted by Crippen LogP contribution is 1.99. The van der Waals surface area contributed by atoms with Crippen molar-refractivity contribution in [2.75, 3.05) is 53.1 Å². The first kappa shape index (κ1) is 13.9. The Hall–Kier alpha value is -0.160. The van der Waals surface area contributed by atoms with Gasteiger partial charge >= 0.3 is 0 Å². The zero-order valence-corrected chi connectivity index (χ0v) is 10.7. The minimum absolute atomic E-state index is 0.607. The van der Waals surface area contributed by atoms with Crippen LogP contribution < -0.4 is 5.32 Å². The summed E-state index contributed by atoms with van der Waals surface area (Å²) in [5.74, 6) is 0. The summed E-state index contributed by atoms with van der Waals surface area (Å²) in [4.78, 5) is 2.49. The van der Waals surface area contributed by atoms with E-state index < -0.39 is 0 Å². The molecule has 1 rings (SSSR count). The van der Waals surface area contributed by atoms with Gasteiger partial charge in [0.15, 0.2) is 0 Å². The van der Waals surface area contributed by atoms with Crippen LogP contribution in [0.15, 0.2) is 0 Å². The van der Waals surface area contributed by atoms with Gasteiger partial charge in [-0.3, -0.25) is 4.90 Å². The summed E-state index contributed by atoms with van der Waals surface area (Å²) in [6, 6.07) is 0.607. The first-order valence-electron chi connectivity index (χ1n) is 6.35. The van der Waals surface area contributed by atoms with Gasteiger partial charge < -0.3 is 14.8 Å². The average Bonchev–Trinajstić information content (AvgIpc) is 2.48. The lowest BCUT2D eigenvalue weighted by Gasteiger charge is -2.21. The van der Waals surface area contributed by atoms with Crippen LogP contribution in [0, 0.1) is 0 Å². The summed E-state index contributed by atoms with van der Waals surface area (Å²) in [6.07, 6.45) is 2.24. The van der Waals surface area contributed by atoms with E-state index in [2.05, 4.69) is 17.1 Å². The Balaban J connectivity index is 1.98. The summed E-state index contributed by atoms with van der Waals surface area (Å²) in [6.45, 7) is 9.24. The molecule has 0 bridgehead atoms. The fourth-order valence-corrected chi connectivity index (χ4v) is 2.00. The molecule has 0 aromatic carbocycles. The van der Waals surface area contributed by atoms with Gasteiger partial charge in [0.2, 0.25) is 0 Å². The highest BCUT2D eigenvalue weighted by atomic mass is 16.5. The smallest absolute Gasteiger partial charge is 0.0593 e. The summed E-state index contributed by atoms with van der Waals surface area (Å²) < 4.78 is 10.5. The number of nitrogens with one attached hydrogen (secondary N) is 1. The standard InChI is InChI=1S/C12H26N2O2/c1-12-11-14(6-3-5-13-12)7-10-16-9-4-8-15-2/h12-13H,3-11H2,1-2H3. The normalized spacial score (nSPS) is 23.2. The summed E-state index contributed by atoms with van der Waals surface area (Å²) in [7, 11) is 1.73. The van der Waals surface area contributed by atoms with Crippen LogP contribution in [0.3, 0.4) is 0 Å². The largest absolute Gasteiger partial charge is 0.385 e. The van der Waals surface area contributed by atoms with E-state index in [0.717, 1.165) is 45.9 Å². The van der Waals surface area contributed by atoms with Crippen LogP contribution in [0.2, 0.25) is 0 Å². The van der Waals surface area contributed by atoms with Gasteiger partial charge in [-0.2, -0.15) is 0 Å². The molecular weight excluding hydrogens is 204 g/mol. The fourth-order valence-electron chi connectivity index (χ4n) is 2.00. The van der Waals surface area contributed by atoms with Crippen molar-refractivity contribution in [1.29, 1.82) is 0 Å². The molecule has 0 aromatic heterocycles. The molecule has 1 unspecified atom stereocenters. The van der Waals surface area contributed by atoms with Crippen LogP contribution in [0.4, 0.5) is 0 Å². The molecule has 1 heterocycles. The predicted molar refractivity (Wildman–Crippen MR) is 65.8 cm³/mol. The molecule has 0 aromatic rings. The first-order chi connectivity index (χ1) is 7.83. The molecule has 1 atom stereocenters. The van der Waals surface area contributed by atoms with Crippen LogP contribution in [0.5, 0.6) is 0 Å². The van der Waals surface area contributed by atoms with Crippen LogP contribution in [-0.2, 0) is 9.47 Å². The second-order valence-corrected chi connectivity index (χ2v) is 4.47. The molecule has 0 aliphatic carbocycles. The third kappa shape index (κ3) is 6.43. The quantitative estimate of drug-likeness (QED) is 0.654. The van der Waals surface area contributed by atoms with Crippen molar-refractivity contribution in [3.8, 4) is 0 Å². The minimum atomic E-state index is 0.607. The second kappa shape index (κ2) is 8.93. The maximum atomic E-state index is 5.57. The Morgan fingerprint density at radius 3 is 3.00 bits per heavy atom. The van der Waals surface area contributed by atoms with E-state index in [-0.39, 0.29) is 0 Å². The Bertz CT molecular complexity index is 167. The van der Waals surface area contributed by atoms with Gasteiger partial charge in [0, 0.05) is 39.5 Å². The number of hydrogen-bond acceptors (Lipinski definition) is 4. The maximum absolute atomic E-state index is 5.57. The third-order valence-electron chi connectivity index (χ3n) is 2.86. The van der Waals surface area contributed by atoms with Crippen LogP contribution in [0.1, 0.15) is 19.8 Å². The van der Waals surface area contributed by atoms with Gasteiger partial charge in [-0.25, -0.2) is 0 Å². The monoisotopic (exact) mass is 230 g/mol. The van der Waals surface area contributed by atoms with E-state index in [4.69, 9.17) is 9.47 Å². The van der Waals surface area contributed by atoms with Gasteiger partial charge in [-0.05, 0) is 32.9 Å². The zero-order valence-electron chi connectivity index (χ0n) is 10.7. The van der Waals surface area contributed by atoms with Crippen molar-refractivity contribution in [1.82, 2.24) is 10.2 Å². The Morgan fingerprint density at radius 1 is 1.31 bits per heavy atom. The molecule has 1 saturated heterocycles. The second-order valence-electron chi connectivity index (χ2n) is 4.47. The van der Waals surface area contributed by atoms with Crippen molar-refractivity contribution in [2.24, 2.45) is 0 Å². The molecule has 0 radical (unpaired) electrons. The van der Waals surface area contributed by atoms with Gasteiger partial charge in [0.25, 0.3) is 0 Å². The van der Waals surface area contributed by atoms with Crippen molar-refractivity contribution >= 4 is 0 Å². The molecule has 0 spiro atoms. The number of nitrogens with zero attached hydrogens (tertiary/aromatic N) is 1. The van der Waals surface area contributed by atoms with Gasteiger partial charge in [0.1, 0.15) is 0 Å². The Kier molecular flexibility index (Phi) is 7.76. The number of methoxy groups -OCH3 is 1. The predicted octanol–water partition coefficient (Wildman–Crippen LogP) is 0.723. The van der Waals surface area contributed by atoms with Crippen molar-refractivity contribution in [2.45, 2.75) is 25.8 Å². The number of rotatable bonds is 7. The van der Waals surface area contributed by atoms with Crippen molar-refractivity contribution in [3.05, 3.63) is 0 Å². The average molecular weight is 230 g/mol. The number of hydrogen-bond donors (Lipinski definition) is 1. The molecule has 4 heteroatoms. The molecule has 0 amide bonds. The number of ether oxygens (including phenoxy) is 2. The third-order valence-corrected chi connectivity index (χ3v) is 2.86. The van der Waals surface area contributed by atoms with E-state index in [0.29, 0.717) is 6.04 Å². The lowest BCUT2D eigenvalue weighted by molar-refractivity contribution is 0.0836. The summed E-state index contributed by atoms with van der Waals surface area (Å²) in [5.41, 5.74) is 0. The minimum Gasteiger partial charge on any atom is -0.385 e. The van der Waals surface area contributed by atoms with E-state index >= 15 is 0 Å². The lowest BCUT2D eigenvalue weighted by atomic mass is 10.3. The van der Waals surface area contributed by atoms with Gasteiger partial charge in [-0.1, -0.05) is 0 Å². The maximum Gasteiger partial charge on any atom is 0.0593 e. The lowest BCUT2D eigenvalue weighted by Crippen LogP contribution is -2.37. The molecule has 96 valence electrons. The Labute approximate surface area is 99.3 Å². The molecule has 1 fully saturated rings. The molecule has 1 N–H and O–H groups in total. The highest BCUT2D eigenvalue weighted by molar-refractivity contribution is 4.72. The zero-order chi connectivity index (χ0) is 11.6. The van der Waals surface area contributed by atoms with E-state index in [9.17, 15) is 0 Å². The molecule has 4 nitrogen and oxygen atoms in total. The molecule has 1 aliphatic rings. The first-order valence-corrected chi connectivity index (χ1v) is 6.35. The van der Waals surface area contributed by atoms with E-state index in [1.807, 2.05) is 0 Å². The molecule has 16 heavy (non-hydrogen) atoms. The fraction of sp³-hybridized carbons (Fsp3) is 1.00. The molecular formula is C12H26N2O2. The summed E-state index contributed by atoms with van der Waals surface area (Å²) in [5, 5.41) is 3.49. The van der Waals surface area contributed by atoms with Crippen molar-refractivity contribution < 1.29 is 9.47 Å². The van der Waals surface area contributed by atoms with Gasteiger partial charge in [-0.15, -0.1) is 0 Å². The van der Waals surface area contributed by atoms with Gasteiger partial charge in [0.05, 0.1) is 6.61 Å². The van der Waals surface area contributed by atoms with Crippen LogP contribution >= 0.6 is 0 Å². The SMILES string of the molecule is COCCCOCCN1CCCNC(C)C1. The van der Waals surface area contributed by atoms with E-state index in [1.165, 1.54) is 13.0 Å². The summed E-state index contributed by atoms with van der Waals surface area (Å²) >= 11 is 0. The molecule has 1 aliphatic heterocycles. The van der Waals surface area contributed by atoms with E-state index in [1.54, 1.807) is 7.11 Å². The Morgan fingerprint density at radius 2 is 2.19 bits per heavy atom. The highest BCUT2D eigenvalue weighted by Gasteiger charge is 2.12. The van der Waals surface area contributed by atoms with Crippen LogP contribution in [0.25, 0.3) is 0 Å².